The van der Waals surface area contributed by atoms with Gasteiger partial charge in [-0.1, -0.05) is 42.5 Å². The van der Waals surface area contributed by atoms with Gasteiger partial charge < -0.3 is 21.1 Å². The molecule has 8 heteroatoms. The van der Waals surface area contributed by atoms with Gasteiger partial charge in [0, 0.05) is 38.7 Å². The minimum absolute atomic E-state index is 0.0326. The fraction of sp³-hybridized carbons (Fsp3) is 0.316. The molecule has 0 aliphatic rings. The molecule has 0 fully saturated rings. The quantitative estimate of drug-likeness (QED) is 0.176. The third-order valence-electron chi connectivity index (χ3n) is 4.06. The van der Waals surface area contributed by atoms with E-state index in [1.807, 2.05) is 30.3 Å². The normalized spacial score (nSPS) is 12.3. The highest BCUT2D eigenvalue weighted by Crippen LogP contribution is 2.22. The van der Waals surface area contributed by atoms with Crippen LogP contribution in [0, 0.1) is 10.1 Å². The number of nitrogens with one attached hydrogen (secondary N) is 3. The summed E-state index contributed by atoms with van der Waals surface area (Å²) in [6.45, 7) is 1.60. The maximum Gasteiger partial charge on any atom is 0.292 e. The molecule has 144 valence electrons. The first-order chi connectivity index (χ1) is 13.2. The minimum atomic E-state index is -0.408. The van der Waals surface area contributed by atoms with E-state index in [1.165, 1.54) is 6.07 Å². The molecule has 0 saturated carbocycles. The lowest BCUT2D eigenvalue weighted by Gasteiger charge is -2.18. The zero-order chi connectivity index (χ0) is 19.5. The van der Waals surface area contributed by atoms with Crippen LogP contribution < -0.4 is 16.0 Å². The van der Waals surface area contributed by atoms with Crippen LogP contribution in [0.4, 0.5) is 11.4 Å². The topological polar surface area (TPSA) is 112 Å². The summed E-state index contributed by atoms with van der Waals surface area (Å²) in [6, 6.07) is 16.3. The molecule has 1 unspecified atom stereocenters. The number of aliphatic imine (C=N–C) groups is 1. The van der Waals surface area contributed by atoms with Crippen LogP contribution in [0.25, 0.3) is 0 Å². The summed E-state index contributed by atoms with van der Waals surface area (Å²) in [5.74, 6) is 0.573. The third kappa shape index (κ3) is 6.27. The second-order valence-corrected chi connectivity index (χ2v) is 5.87. The average Bonchev–Trinajstić information content (AvgIpc) is 2.71. The Kier molecular flexibility index (Phi) is 8.05. The van der Waals surface area contributed by atoms with E-state index >= 15 is 0 Å². The lowest BCUT2D eigenvalue weighted by atomic mass is 10.0. The Bertz CT molecular complexity index is 752. The van der Waals surface area contributed by atoms with Crippen LogP contribution in [0.2, 0.25) is 0 Å². The van der Waals surface area contributed by atoms with Gasteiger partial charge in [-0.2, -0.15) is 0 Å². The molecule has 0 spiro atoms. The van der Waals surface area contributed by atoms with Gasteiger partial charge >= 0.3 is 0 Å². The van der Waals surface area contributed by atoms with Crippen LogP contribution in [0.5, 0.6) is 0 Å². The van der Waals surface area contributed by atoms with Gasteiger partial charge in [-0.05, 0) is 11.6 Å². The van der Waals surface area contributed by atoms with Crippen molar-refractivity contribution < 1.29 is 10.0 Å². The summed E-state index contributed by atoms with van der Waals surface area (Å²) in [7, 11) is 1.67. The van der Waals surface area contributed by atoms with Gasteiger partial charge in [0.15, 0.2) is 5.96 Å². The van der Waals surface area contributed by atoms with Gasteiger partial charge in [0.2, 0.25) is 0 Å². The van der Waals surface area contributed by atoms with E-state index < -0.39 is 4.92 Å². The van der Waals surface area contributed by atoms with Gasteiger partial charge in [0.25, 0.3) is 5.69 Å². The number of guanidine groups is 1. The SMILES string of the molecule is CN=C(NCCNc1ccccc1[N+](=O)[O-])NCC(CO)c1ccccc1. The van der Waals surface area contributed by atoms with Crippen LogP contribution >= 0.6 is 0 Å². The largest absolute Gasteiger partial charge is 0.396 e. The highest BCUT2D eigenvalue weighted by molar-refractivity contribution is 5.79. The molecule has 0 radical (unpaired) electrons. The molecule has 0 heterocycles. The standard InChI is InChI=1S/C19H25N5O3/c1-20-19(23-13-16(14-25)15-7-3-2-4-8-15)22-12-11-21-17-9-5-6-10-18(17)24(26)27/h2-10,16,21,25H,11-14H2,1H3,(H2,20,22,23). The maximum absolute atomic E-state index is 11.0. The monoisotopic (exact) mass is 371 g/mol. The number of benzene rings is 2. The first-order valence-corrected chi connectivity index (χ1v) is 8.73. The first kappa shape index (κ1) is 20.2. The van der Waals surface area contributed by atoms with Crippen molar-refractivity contribution in [1.82, 2.24) is 10.6 Å². The Morgan fingerprint density at radius 1 is 1.11 bits per heavy atom. The molecule has 1 atom stereocenters. The van der Waals surface area contributed by atoms with Crippen LogP contribution in [-0.2, 0) is 0 Å². The number of hydrogen-bond donors (Lipinski definition) is 4. The molecule has 0 aliphatic carbocycles. The number of rotatable bonds is 9. The predicted molar refractivity (Wildman–Crippen MR) is 107 cm³/mol. The molecule has 0 aromatic heterocycles. The van der Waals surface area contributed by atoms with Crippen molar-refractivity contribution in [3.8, 4) is 0 Å². The van der Waals surface area contributed by atoms with E-state index in [2.05, 4.69) is 20.9 Å². The second kappa shape index (κ2) is 10.8. The van der Waals surface area contributed by atoms with E-state index in [4.69, 9.17) is 0 Å². The van der Waals surface area contributed by atoms with E-state index in [0.29, 0.717) is 31.3 Å². The molecule has 0 saturated heterocycles. The Balaban J connectivity index is 1.78. The van der Waals surface area contributed by atoms with Gasteiger partial charge in [0.05, 0.1) is 11.5 Å². The van der Waals surface area contributed by atoms with Crippen molar-refractivity contribution in [2.75, 3.05) is 38.6 Å². The third-order valence-corrected chi connectivity index (χ3v) is 4.06. The first-order valence-electron chi connectivity index (χ1n) is 8.73. The van der Waals surface area contributed by atoms with Crippen molar-refractivity contribution in [2.24, 2.45) is 4.99 Å². The Morgan fingerprint density at radius 3 is 2.48 bits per heavy atom. The van der Waals surface area contributed by atoms with E-state index in [1.54, 1.807) is 25.2 Å². The lowest BCUT2D eigenvalue weighted by molar-refractivity contribution is -0.384. The number of nitrogens with zero attached hydrogens (tertiary/aromatic N) is 2. The number of aliphatic hydroxyl groups is 1. The zero-order valence-corrected chi connectivity index (χ0v) is 15.3. The number of anilines is 1. The van der Waals surface area contributed by atoms with Crippen molar-refractivity contribution in [3.63, 3.8) is 0 Å². The number of aliphatic hydroxyl groups excluding tert-OH is 1. The fourth-order valence-electron chi connectivity index (χ4n) is 2.61. The van der Waals surface area contributed by atoms with Gasteiger partial charge in [0.1, 0.15) is 5.69 Å². The number of para-hydroxylation sites is 2. The molecule has 2 rings (SSSR count). The summed E-state index contributed by atoms with van der Waals surface area (Å²) in [6.07, 6.45) is 0. The van der Waals surface area contributed by atoms with E-state index in [9.17, 15) is 15.2 Å². The number of nitro groups is 1. The van der Waals surface area contributed by atoms with Crippen molar-refractivity contribution in [2.45, 2.75) is 5.92 Å². The van der Waals surface area contributed by atoms with Gasteiger partial charge in [-0.25, -0.2) is 0 Å². The van der Waals surface area contributed by atoms with Crippen molar-refractivity contribution in [3.05, 3.63) is 70.3 Å². The minimum Gasteiger partial charge on any atom is -0.396 e. The predicted octanol–water partition coefficient (Wildman–Crippen LogP) is 1.95. The van der Waals surface area contributed by atoms with Crippen molar-refractivity contribution >= 4 is 17.3 Å². The van der Waals surface area contributed by atoms with Gasteiger partial charge in [-0.15, -0.1) is 0 Å². The summed E-state index contributed by atoms with van der Waals surface area (Å²) < 4.78 is 0. The Hall–Kier alpha value is -3.13. The molecule has 2 aromatic rings. The highest BCUT2D eigenvalue weighted by atomic mass is 16.6. The van der Waals surface area contributed by atoms with E-state index in [0.717, 1.165) is 5.56 Å². The van der Waals surface area contributed by atoms with Crippen LogP contribution in [-0.4, -0.2) is 49.3 Å². The molecule has 4 N–H and O–H groups in total. The number of nitro benzene ring substituents is 1. The molecule has 2 aromatic carbocycles. The number of hydrogen-bond acceptors (Lipinski definition) is 5. The summed E-state index contributed by atoms with van der Waals surface area (Å²) in [4.78, 5) is 14.8. The highest BCUT2D eigenvalue weighted by Gasteiger charge is 2.12. The van der Waals surface area contributed by atoms with Crippen LogP contribution in [0.3, 0.4) is 0 Å². The average molecular weight is 371 g/mol. The van der Waals surface area contributed by atoms with E-state index in [-0.39, 0.29) is 18.2 Å². The van der Waals surface area contributed by atoms with Crippen LogP contribution in [0.1, 0.15) is 11.5 Å². The molecule has 0 bridgehead atoms. The molecular weight excluding hydrogens is 346 g/mol. The Labute approximate surface area is 158 Å². The second-order valence-electron chi connectivity index (χ2n) is 5.87. The lowest BCUT2D eigenvalue weighted by Crippen LogP contribution is -2.41. The zero-order valence-electron chi connectivity index (χ0n) is 15.3. The van der Waals surface area contributed by atoms with Gasteiger partial charge in [-0.3, -0.25) is 15.1 Å². The molecule has 27 heavy (non-hydrogen) atoms. The summed E-state index contributed by atoms with van der Waals surface area (Å²) in [5.41, 5.74) is 1.59. The summed E-state index contributed by atoms with van der Waals surface area (Å²) in [5, 5.41) is 30.0. The van der Waals surface area contributed by atoms with Crippen molar-refractivity contribution in [1.29, 1.82) is 0 Å². The van der Waals surface area contributed by atoms with Crippen LogP contribution in [0.15, 0.2) is 59.6 Å². The molecular formula is C19H25N5O3. The molecule has 0 amide bonds. The summed E-state index contributed by atoms with van der Waals surface area (Å²) >= 11 is 0. The maximum atomic E-state index is 11.0. The fourth-order valence-corrected chi connectivity index (χ4v) is 2.61. The molecule has 8 nitrogen and oxygen atoms in total. The Morgan fingerprint density at radius 2 is 1.81 bits per heavy atom. The molecule has 0 aliphatic heterocycles. The smallest absolute Gasteiger partial charge is 0.292 e.